The second kappa shape index (κ2) is 5.16. The van der Waals surface area contributed by atoms with Gasteiger partial charge in [0.2, 0.25) is 0 Å². The Morgan fingerprint density at radius 2 is 1.93 bits per heavy atom. The van der Waals surface area contributed by atoms with Gasteiger partial charge in [0.15, 0.2) is 0 Å². The van der Waals surface area contributed by atoms with Crippen LogP contribution in [0, 0.1) is 0 Å². The Morgan fingerprint density at radius 1 is 1.47 bits per heavy atom. The van der Waals surface area contributed by atoms with Gasteiger partial charge in [0.1, 0.15) is 0 Å². The molecule has 0 spiro atoms. The summed E-state index contributed by atoms with van der Waals surface area (Å²) in [5.74, 6) is 0. The summed E-state index contributed by atoms with van der Waals surface area (Å²) in [7, 11) is -3.04. The largest absolute Gasteiger partial charge is 0.442 e. The number of hydrogen-bond acceptors (Lipinski definition) is 1. The fraction of sp³-hybridized carbons (Fsp3) is 0.556. The summed E-state index contributed by atoms with van der Waals surface area (Å²) in [6.45, 7) is 7.02. The van der Waals surface area contributed by atoms with Crippen molar-refractivity contribution in [3.05, 3.63) is 24.9 Å². The third-order valence-corrected chi connectivity index (χ3v) is 5.32. The van der Waals surface area contributed by atoms with Gasteiger partial charge in [-0.25, -0.2) is 3.82 Å². The summed E-state index contributed by atoms with van der Waals surface area (Å²) in [5.41, 5.74) is -4.04. The van der Waals surface area contributed by atoms with Gasteiger partial charge in [-0.2, -0.15) is 13.2 Å². The minimum absolute atomic E-state index is 0.272. The third-order valence-electron chi connectivity index (χ3n) is 1.85. The van der Waals surface area contributed by atoms with Crippen molar-refractivity contribution in [3.8, 4) is 0 Å². The van der Waals surface area contributed by atoms with E-state index < -0.39 is 15.7 Å². The Kier molecular flexibility index (Phi) is 5.06. The summed E-state index contributed by atoms with van der Waals surface area (Å²) >= 11 is 5.66. The fourth-order valence-electron chi connectivity index (χ4n) is 0.770. The van der Waals surface area contributed by atoms with Gasteiger partial charge in [-0.1, -0.05) is 22.9 Å². The van der Waals surface area contributed by atoms with Crippen molar-refractivity contribution in [3.63, 3.8) is 0 Å². The molecule has 0 amide bonds. The first-order valence-corrected chi connectivity index (χ1v) is 6.93. The van der Waals surface area contributed by atoms with E-state index in [4.69, 9.17) is 11.8 Å². The van der Waals surface area contributed by atoms with E-state index in [1.807, 2.05) is 0 Å². The van der Waals surface area contributed by atoms with Crippen LogP contribution in [0.25, 0.3) is 0 Å². The highest BCUT2D eigenvalue weighted by Crippen LogP contribution is 2.61. The molecule has 0 saturated carbocycles. The zero-order chi connectivity index (χ0) is 12.3. The minimum atomic E-state index is -4.31. The molecule has 0 aromatic rings. The zero-order valence-corrected chi connectivity index (χ0v) is 10.3. The Bertz CT molecular complexity index is 250. The first kappa shape index (κ1) is 14.7. The molecule has 0 bridgehead atoms. The molecule has 1 nitrogen and oxygen atoms in total. The van der Waals surface area contributed by atoms with E-state index in [1.54, 1.807) is 6.08 Å². The predicted molar refractivity (Wildman–Crippen MR) is 61.8 cm³/mol. The van der Waals surface area contributed by atoms with Gasteiger partial charge in [-0.05, 0) is 25.4 Å². The van der Waals surface area contributed by atoms with E-state index in [9.17, 15) is 13.2 Å². The van der Waals surface area contributed by atoms with Crippen LogP contribution in [0.15, 0.2) is 24.9 Å². The maximum Gasteiger partial charge on any atom is 0.442 e. The van der Waals surface area contributed by atoms with E-state index in [0.29, 0.717) is 12.8 Å². The molecule has 90 valence electrons. The Labute approximate surface area is 95.1 Å². The smallest absolute Gasteiger partial charge is 0.244 e. The Hall–Kier alpha value is -0.290. The van der Waals surface area contributed by atoms with Gasteiger partial charge in [0, 0.05) is 17.5 Å². The molecular weight excluding hydrogens is 247 g/mol. The molecule has 0 saturated heterocycles. The first-order chi connectivity index (χ1) is 6.64. The molecule has 0 aliphatic heterocycles. The van der Waals surface area contributed by atoms with E-state index in [1.165, 1.54) is 0 Å². The molecule has 0 unspecified atom stereocenters. The quantitative estimate of drug-likeness (QED) is 0.523. The molecule has 0 aliphatic carbocycles. The summed E-state index contributed by atoms with van der Waals surface area (Å²) < 4.78 is 38.6. The van der Waals surface area contributed by atoms with Crippen LogP contribution in [0.3, 0.4) is 0 Å². The Balaban J connectivity index is 4.62. The van der Waals surface area contributed by atoms with Crippen LogP contribution in [0.5, 0.6) is 0 Å². The predicted octanol–water partition coefficient (Wildman–Crippen LogP) is 4.42. The lowest BCUT2D eigenvalue weighted by Crippen LogP contribution is -2.29. The van der Waals surface area contributed by atoms with Crippen LogP contribution in [0.2, 0.25) is 0 Å². The van der Waals surface area contributed by atoms with Crippen molar-refractivity contribution >= 4 is 22.0 Å². The molecule has 0 atom stereocenters. The van der Waals surface area contributed by atoms with E-state index in [0.717, 1.165) is 16.3 Å². The van der Waals surface area contributed by atoms with Crippen LogP contribution in [-0.2, 0) is 0 Å². The van der Waals surface area contributed by atoms with Gasteiger partial charge in [0.25, 0.3) is 0 Å². The Morgan fingerprint density at radius 3 is 2.27 bits per heavy atom. The maximum absolute atomic E-state index is 12.6. The highest BCUT2D eigenvalue weighted by Gasteiger charge is 2.47. The summed E-state index contributed by atoms with van der Waals surface area (Å²) in [6.07, 6.45) is 4.76. The van der Waals surface area contributed by atoms with E-state index in [2.05, 4.69) is 13.2 Å². The molecule has 0 fully saturated rings. The van der Waals surface area contributed by atoms with Gasteiger partial charge < -0.3 is 0 Å². The lowest BCUT2D eigenvalue weighted by Gasteiger charge is -2.41. The van der Waals surface area contributed by atoms with Crippen LogP contribution in [0.4, 0.5) is 13.2 Å². The molecule has 6 heteroatoms. The van der Waals surface area contributed by atoms with Crippen molar-refractivity contribution in [2.45, 2.75) is 18.3 Å². The number of nitrogens with zero attached hydrogens (tertiary/aromatic N) is 1. The topological polar surface area (TPSA) is 3.24 Å². The second-order valence-electron chi connectivity index (χ2n) is 3.36. The molecule has 0 heterocycles. The van der Waals surface area contributed by atoms with Crippen LogP contribution < -0.4 is 0 Å². The lowest BCUT2D eigenvalue weighted by molar-refractivity contribution is -0.0397. The molecule has 0 N–H and O–H groups in total. The van der Waals surface area contributed by atoms with Crippen molar-refractivity contribution in [1.29, 1.82) is 0 Å². The van der Waals surface area contributed by atoms with Crippen molar-refractivity contribution in [2.24, 2.45) is 0 Å². The van der Waals surface area contributed by atoms with Crippen molar-refractivity contribution in [2.75, 3.05) is 12.5 Å². The molecule has 0 radical (unpaired) electrons. The average molecular weight is 262 g/mol. The molecule has 0 rings (SSSR count). The van der Waals surface area contributed by atoms with Gasteiger partial charge in [0.05, 0.1) is 0 Å². The number of allylic oxidation sites excluding steroid dienone is 2. The number of hydrogen-bond donors (Lipinski definition) is 0. The summed E-state index contributed by atoms with van der Waals surface area (Å²) in [4.78, 5) is 0. The molecule has 0 aromatic heterocycles. The monoisotopic (exact) mass is 261 g/mol. The van der Waals surface area contributed by atoms with E-state index in [-0.39, 0.29) is 5.70 Å². The maximum atomic E-state index is 12.6. The second-order valence-corrected chi connectivity index (χ2v) is 7.27. The van der Waals surface area contributed by atoms with Crippen LogP contribution in [0.1, 0.15) is 12.8 Å². The normalized spacial score (nSPS) is 13.5. The highest BCUT2D eigenvalue weighted by molar-refractivity contribution is 8.32. The summed E-state index contributed by atoms with van der Waals surface area (Å²) in [6, 6.07) is 0. The third kappa shape index (κ3) is 3.65. The highest BCUT2D eigenvalue weighted by atomic mass is 35.5. The van der Waals surface area contributed by atoms with Crippen molar-refractivity contribution in [1.82, 2.24) is 3.82 Å². The first-order valence-electron chi connectivity index (χ1n) is 4.19. The number of rotatable bonds is 5. The van der Waals surface area contributed by atoms with E-state index >= 15 is 0 Å². The van der Waals surface area contributed by atoms with Gasteiger partial charge >= 0.3 is 5.51 Å². The summed E-state index contributed by atoms with van der Waals surface area (Å²) in [5, 5.41) is 0. The van der Waals surface area contributed by atoms with Crippen LogP contribution in [-0.4, -0.2) is 21.8 Å². The molecular formula is C9H15ClF3NS. The molecule has 0 aliphatic rings. The van der Waals surface area contributed by atoms with Crippen LogP contribution >= 0.6 is 22.0 Å². The zero-order valence-electron chi connectivity index (χ0n) is 8.77. The fourth-order valence-corrected chi connectivity index (χ4v) is 2.01. The van der Waals surface area contributed by atoms with Gasteiger partial charge in [-0.15, -0.1) is 6.58 Å². The number of halogens is 4. The molecule has 0 aromatic carbocycles. The molecule has 15 heavy (non-hydrogen) atoms. The van der Waals surface area contributed by atoms with Gasteiger partial charge in [-0.3, -0.25) is 0 Å². The average Bonchev–Trinajstić information content (AvgIpc) is 2.10. The standard InChI is InChI=1S/C9H15ClF3NS/c1-5-6-7-8(2)14(10)15(3,4)9(11,12)13/h5H,1-2,6-7H2,3-4H3. The lowest BCUT2D eigenvalue weighted by atomic mass is 10.3. The SMILES string of the molecule is C=CCCC(=C)N(Cl)S(C)(C)C(F)(F)F. The number of alkyl halides is 3. The van der Waals surface area contributed by atoms with Crippen molar-refractivity contribution < 1.29 is 13.2 Å². The minimum Gasteiger partial charge on any atom is -0.244 e.